The summed E-state index contributed by atoms with van der Waals surface area (Å²) >= 11 is 0. The van der Waals surface area contributed by atoms with Crippen LogP contribution in [0.3, 0.4) is 0 Å². The highest BCUT2D eigenvalue weighted by molar-refractivity contribution is 5.65. The molecule has 3 rings (SSSR count). The van der Waals surface area contributed by atoms with Gasteiger partial charge in [-0.3, -0.25) is 0 Å². The van der Waals surface area contributed by atoms with E-state index in [1.807, 2.05) is 10.6 Å². The van der Waals surface area contributed by atoms with E-state index in [0.29, 0.717) is 35.5 Å². The first-order valence-corrected chi connectivity index (χ1v) is 5.59. The Hall–Kier alpha value is -2.68. The summed E-state index contributed by atoms with van der Waals surface area (Å²) < 4.78 is 6.71. The molecule has 0 amide bonds. The molecule has 3 heterocycles. The van der Waals surface area contributed by atoms with Gasteiger partial charge in [0.1, 0.15) is 0 Å². The van der Waals surface area contributed by atoms with Crippen molar-refractivity contribution in [3.63, 3.8) is 0 Å². The third kappa shape index (κ3) is 2.18. The van der Waals surface area contributed by atoms with E-state index in [1.165, 1.54) is 0 Å². The minimum absolute atomic E-state index is 0.390. The SMILES string of the molecule is Cc1nc(CNc2nc(NN)cn3ccnc23)no1. The Labute approximate surface area is 107 Å². The average Bonchev–Trinajstić information content (AvgIpc) is 3.04. The predicted molar refractivity (Wildman–Crippen MR) is 67.2 cm³/mol. The Kier molecular flexibility index (Phi) is 2.72. The maximum Gasteiger partial charge on any atom is 0.223 e. The van der Waals surface area contributed by atoms with Crippen molar-refractivity contribution in [3.05, 3.63) is 30.3 Å². The smallest absolute Gasteiger partial charge is 0.223 e. The van der Waals surface area contributed by atoms with Crippen LogP contribution in [0, 0.1) is 6.92 Å². The van der Waals surface area contributed by atoms with Crippen LogP contribution in [0.2, 0.25) is 0 Å². The molecule has 0 fully saturated rings. The van der Waals surface area contributed by atoms with E-state index in [4.69, 9.17) is 10.4 Å². The largest absolute Gasteiger partial charge is 0.359 e. The number of aromatic nitrogens is 5. The second-order valence-electron chi connectivity index (χ2n) is 3.86. The highest BCUT2D eigenvalue weighted by atomic mass is 16.5. The normalized spacial score (nSPS) is 10.8. The average molecular weight is 260 g/mol. The lowest BCUT2D eigenvalue weighted by Crippen LogP contribution is -2.12. The molecule has 0 aliphatic rings. The number of imidazole rings is 1. The topological polar surface area (TPSA) is 119 Å². The van der Waals surface area contributed by atoms with Gasteiger partial charge < -0.3 is 19.7 Å². The van der Waals surface area contributed by atoms with Crippen LogP contribution in [-0.4, -0.2) is 24.5 Å². The molecule has 9 nitrogen and oxygen atoms in total. The lowest BCUT2D eigenvalue weighted by Gasteiger charge is -2.07. The molecule has 0 aliphatic carbocycles. The number of aryl methyl sites for hydroxylation is 1. The highest BCUT2D eigenvalue weighted by Crippen LogP contribution is 2.16. The summed E-state index contributed by atoms with van der Waals surface area (Å²) in [5, 5.41) is 6.90. The molecule has 0 saturated heterocycles. The zero-order chi connectivity index (χ0) is 13.2. The number of nitrogens with two attached hydrogens (primary N) is 1. The summed E-state index contributed by atoms with van der Waals surface area (Å²) in [6, 6.07) is 0. The van der Waals surface area contributed by atoms with E-state index in [0.717, 1.165) is 0 Å². The molecule has 9 heteroatoms. The summed E-state index contributed by atoms with van der Waals surface area (Å²) in [6.07, 6.45) is 5.23. The van der Waals surface area contributed by atoms with Crippen molar-refractivity contribution >= 4 is 17.3 Å². The summed E-state index contributed by atoms with van der Waals surface area (Å²) in [5.74, 6) is 7.56. The van der Waals surface area contributed by atoms with Gasteiger partial charge in [-0.1, -0.05) is 5.16 Å². The first-order valence-electron chi connectivity index (χ1n) is 5.59. The van der Waals surface area contributed by atoms with Gasteiger partial charge in [0.05, 0.1) is 12.7 Å². The number of nitrogens with zero attached hydrogens (tertiary/aromatic N) is 5. The van der Waals surface area contributed by atoms with Crippen LogP contribution in [0.5, 0.6) is 0 Å². The Morgan fingerprint density at radius 2 is 2.32 bits per heavy atom. The van der Waals surface area contributed by atoms with E-state index in [1.54, 1.807) is 19.3 Å². The van der Waals surface area contributed by atoms with Gasteiger partial charge in [0.2, 0.25) is 5.89 Å². The van der Waals surface area contributed by atoms with Crippen molar-refractivity contribution in [1.82, 2.24) is 24.5 Å². The van der Waals surface area contributed by atoms with Gasteiger partial charge in [0.15, 0.2) is 23.1 Å². The van der Waals surface area contributed by atoms with E-state index < -0.39 is 0 Å². The maximum absolute atomic E-state index is 5.38. The monoisotopic (exact) mass is 260 g/mol. The zero-order valence-corrected chi connectivity index (χ0v) is 10.2. The minimum atomic E-state index is 0.390. The van der Waals surface area contributed by atoms with Crippen molar-refractivity contribution in [2.45, 2.75) is 13.5 Å². The van der Waals surface area contributed by atoms with E-state index in [-0.39, 0.29) is 0 Å². The van der Waals surface area contributed by atoms with Crippen molar-refractivity contribution in [2.24, 2.45) is 5.84 Å². The molecule has 98 valence electrons. The maximum atomic E-state index is 5.38. The van der Waals surface area contributed by atoms with Gasteiger partial charge >= 0.3 is 0 Å². The molecule has 0 unspecified atom stereocenters. The Morgan fingerprint density at radius 1 is 1.42 bits per heavy atom. The summed E-state index contributed by atoms with van der Waals surface area (Å²) in [7, 11) is 0. The van der Waals surface area contributed by atoms with Crippen molar-refractivity contribution in [1.29, 1.82) is 0 Å². The number of hydrazine groups is 1. The molecule has 4 N–H and O–H groups in total. The molecule has 19 heavy (non-hydrogen) atoms. The number of hydrogen-bond acceptors (Lipinski definition) is 8. The van der Waals surface area contributed by atoms with E-state index in [9.17, 15) is 0 Å². The Bertz CT molecular complexity index is 702. The number of hydrogen-bond donors (Lipinski definition) is 3. The van der Waals surface area contributed by atoms with Gasteiger partial charge in [-0.05, 0) is 0 Å². The van der Waals surface area contributed by atoms with Crippen LogP contribution in [0.15, 0.2) is 23.1 Å². The molecular formula is C10H12N8O. The van der Waals surface area contributed by atoms with Crippen molar-refractivity contribution in [2.75, 3.05) is 10.7 Å². The fourth-order valence-corrected chi connectivity index (χ4v) is 1.70. The number of fused-ring (bicyclic) bond motifs is 1. The number of nitrogens with one attached hydrogen (secondary N) is 2. The lowest BCUT2D eigenvalue weighted by atomic mass is 10.5. The van der Waals surface area contributed by atoms with Gasteiger partial charge in [-0.25, -0.2) is 15.8 Å². The molecule has 0 aromatic carbocycles. The van der Waals surface area contributed by atoms with E-state index in [2.05, 4.69) is 30.9 Å². The fourth-order valence-electron chi connectivity index (χ4n) is 1.70. The predicted octanol–water partition coefficient (Wildman–Crippen LogP) is 0.318. The summed E-state index contributed by atoms with van der Waals surface area (Å²) in [4.78, 5) is 12.6. The van der Waals surface area contributed by atoms with Gasteiger partial charge in [0, 0.05) is 19.3 Å². The fraction of sp³-hybridized carbons (Fsp3) is 0.200. The van der Waals surface area contributed by atoms with Gasteiger partial charge in [-0.15, -0.1) is 0 Å². The number of nitrogen functional groups attached to an aromatic ring is 1. The zero-order valence-electron chi connectivity index (χ0n) is 10.2. The van der Waals surface area contributed by atoms with Crippen LogP contribution >= 0.6 is 0 Å². The molecule has 0 spiro atoms. The van der Waals surface area contributed by atoms with Crippen LogP contribution < -0.4 is 16.6 Å². The molecule has 3 aromatic rings. The number of anilines is 2. The summed E-state index contributed by atoms with van der Waals surface area (Å²) in [5.41, 5.74) is 3.20. The standard InChI is InChI=1S/C10H12N8O/c1-6-14-7(17-19-6)4-13-9-10-12-2-3-18(10)5-8(15-9)16-11/h2-3,5,16H,4,11H2,1H3,(H,13,15). The molecule has 0 saturated carbocycles. The van der Waals surface area contributed by atoms with E-state index >= 15 is 0 Å². The second-order valence-corrected chi connectivity index (χ2v) is 3.86. The highest BCUT2D eigenvalue weighted by Gasteiger charge is 2.08. The van der Waals surface area contributed by atoms with Crippen molar-refractivity contribution < 1.29 is 4.52 Å². The number of rotatable bonds is 4. The van der Waals surface area contributed by atoms with Gasteiger partial charge in [-0.2, -0.15) is 4.98 Å². The molecule has 0 radical (unpaired) electrons. The third-order valence-electron chi connectivity index (χ3n) is 2.51. The lowest BCUT2D eigenvalue weighted by molar-refractivity contribution is 0.388. The summed E-state index contributed by atoms with van der Waals surface area (Å²) in [6.45, 7) is 2.13. The van der Waals surface area contributed by atoms with Crippen LogP contribution in [0.1, 0.15) is 11.7 Å². The molecule has 0 bridgehead atoms. The van der Waals surface area contributed by atoms with Crippen LogP contribution in [-0.2, 0) is 6.54 Å². The Morgan fingerprint density at radius 3 is 3.05 bits per heavy atom. The second kappa shape index (κ2) is 4.53. The van der Waals surface area contributed by atoms with Crippen LogP contribution in [0.25, 0.3) is 5.65 Å². The Balaban J connectivity index is 1.88. The third-order valence-corrected chi connectivity index (χ3v) is 2.51. The minimum Gasteiger partial charge on any atom is -0.359 e. The molecular weight excluding hydrogens is 248 g/mol. The first kappa shape index (κ1) is 11.4. The quantitative estimate of drug-likeness (QED) is 0.453. The molecule has 0 aliphatic heterocycles. The molecule has 0 atom stereocenters. The first-order chi connectivity index (χ1) is 9.26. The van der Waals surface area contributed by atoms with Gasteiger partial charge in [0.25, 0.3) is 0 Å². The van der Waals surface area contributed by atoms with Crippen LogP contribution in [0.4, 0.5) is 11.6 Å². The molecule has 3 aromatic heterocycles. The van der Waals surface area contributed by atoms with Crippen molar-refractivity contribution in [3.8, 4) is 0 Å².